The maximum absolute atomic E-state index is 6.12. The molecule has 0 atom stereocenters. The molecule has 0 unspecified atom stereocenters. The monoisotopic (exact) mass is 316 g/mol. The summed E-state index contributed by atoms with van der Waals surface area (Å²) >= 11 is 9.80. The Bertz CT molecular complexity index is 381. The van der Waals surface area contributed by atoms with Crippen molar-refractivity contribution in [1.82, 2.24) is 0 Å². The molecule has 17 heavy (non-hydrogen) atoms. The van der Waals surface area contributed by atoms with E-state index in [9.17, 15) is 0 Å². The minimum atomic E-state index is 0.235. The molecule has 0 aliphatic carbocycles. The molecule has 0 fully saturated rings. The Kier molecular flexibility index (Phi) is 5.53. The third kappa shape index (κ3) is 3.06. The Hall–Kier alpha value is -0.0100. The van der Waals surface area contributed by atoms with Gasteiger partial charge in [-0.15, -0.1) is 11.6 Å². The van der Waals surface area contributed by atoms with Gasteiger partial charge in [0, 0.05) is 10.4 Å². The second-order valence-corrected chi connectivity index (χ2v) is 5.98. The van der Waals surface area contributed by atoms with E-state index < -0.39 is 0 Å². The Morgan fingerprint density at radius 3 is 2.12 bits per heavy atom. The minimum Gasteiger partial charge on any atom is -0.122 e. The lowest BCUT2D eigenvalue weighted by molar-refractivity contribution is 0.436. The number of aryl methyl sites for hydroxylation is 1. The summed E-state index contributed by atoms with van der Waals surface area (Å²) in [4.78, 5) is 0. The Morgan fingerprint density at radius 1 is 1.12 bits per heavy atom. The van der Waals surface area contributed by atoms with Gasteiger partial charge in [0.25, 0.3) is 0 Å². The molecule has 0 radical (unpaired) electrons. The van der Waals surface area contributed by atoms with Crippen LogP contribution in [0.4, 0.5) is 0 Å². The lowest BCUT2D eigenvalue weighted by Crippen LogP contribution is -2.21. The van der Waals surface area contributed by atoms with Crippen LogP contribution in [0.2, 0.25) is 0 Å². The third-order valence-corrected chi connectivity index (χ3v) is 5.03. The van der Waals surface area contributed by atoms with Gasteiger partial charge in [0.05, 0.1) is 0 Å². The van der Waals surface area contributed by atoms with Crippen LogP contribution in [0.25, 0.3) is 0 Å². The second-order valence-electron chi connectivity index (χ2n) is 4.86. The molecular formula is C15H22BrCl. The third-order valence-electron chi connectivity index (χ3n) is 4.01. The van der Waals surface area contributed by atoms with Crippen molar-refractivity contribution < 1.29 is 0 Å². The van der Waals surface area contributed by atoms with Crippen molar-refractivity contribution in [3.8, 4) is 0 Å². The molecule has 0 spiro atoms. The molecule has 1 aromatic rings. The van der Waals surface area contributed by atoms with Gasteiger partial charge in [-0.2, -0.15) is 0 Å². The predicted molar refractivity (Wildman–Crippen MR) is 81.0 cm³/mol. The van der Waals surface area contributed by atoms with Gasteiger partial charge >= 0.3 is 0 Å². The molecule has 1 rings (SSSR count). The highest BCUT2D eigenvalue weighted by atomic mass is 79.9. The van der Waals surface area contributed by atoms with Gasteiger partial charge in [-0.1, -0.05) is 49.7 Å². The van der Waals surface area contributed by atoms with E-state index in [1.807, 2.05) is 0 Å². The number of hydrogen-bond acceptors (Lipinski definition) is 0. The molecule has 0 saturated heterocycles. The van der Waals surface area contributed by atoms with E-state index in [2.05, 4.69) is 55.8 Å². The highest BCUT2D eigenvalue weighted by Gasteiger charge is 2.25. The fraction of sp³-hybridized carbons (Fsp3) is 0.600. The predicted octanol–water partition coefficient (Wildman–Crippen LogP) is 5.83. The van der Waals surface area contributed by atoms with E-state index in [-0.39, 0.29) is 5.41 Å². The quantitative estimate of drug-likeness (QED) is 0.599. The standard InChI is InChI=1S/C15H22BrCl/c1-5-11-8-12(10-17)13(9-14(11)16)15(4,6-2)7-3/h8-9H,5-7,10H2,1-4H3. The zero-order valence-electron chi connectivity index (χ0n) is 11.2. The van der Waals surface area contributed by atoms with Gasteiger partial charge in [0.2, 0.25) is 0 Å². The molecule has 0 N–H and O–H groups in total. The fourth-order valence-electron chi connectivity index (χ4n) is 2.24. The Labute approximate surface area is 119 Å². The number of rotatable bonds is 5. The first-order chi connectivity index (χ1) is 8.02. The zero-order chi connectivity index (χ0) is 13.1. The van der Waals surface area contributed by atoms with E-state index in [0.717, 1.165) is 19.3 Å². The SMILES string of the molecule is CCc1cc(CCl)c(C(C)(CC)CC)cc1Br. The van der Waals surface area contributed by atoms with Gasteiger partial charge in [-0.25, -0.2) is 0 Å². The molecule has 0 nitrogen and oxygen atoms in total. The summed E-state index contributed by atoms with van der Waals surface area (Å²) < 4.78 is 1.22. The van der Waals surface area contributed by atoms with E-state index in [1.54, 1.807) is 0 Å². The normalized spacial score (nSPS) is 11.9. The lowest BCUT2D eigenvalue weighted by atomic mass is 9.75. The van der Waals surface area contributed by atoms with Crippen LogP contribution in [0.1, 0.15) is 57.2 Å². The summed E-state index contributed by atoms with van der Waals surface area (Å²) in [6.45, 7) is 9.01. The van der Waals surface area contributed by atoms with Crippen molar-refractivity contribution in [2.75, 3.05) is 0 Å². The lowest BCUT2D eigenvalue weighted by Gasteiger charge is -2.30. The summed E-state index contributed by atoms with van der Waals surface area (Å²) in [5, 5.41) is 0. The summed E-state index contributed by atoms with van der Waals surface area (Å²) in [5.41, 5.74) is 4.28. The maximum Gasteiger partial charge on any atom is 0.0477 e. The van der Waals surface area contributed by atoms with Gasteiger partial charge in [0.1, 0.15) is 0 Å². The fourth-order valence-corrected chi connectivity index (χ4v) is 3.09. The van der Waals surface area contributed by atoms with Gasteiger partial charge in [0.15, 0.2) is 0 Å². The van der Waals surface area contributed by atoms with Crippen LogP contribution in [0.5, 0.6) is 0 Å². The minimum absolute atomic E-state index is 0.235. The van der Waals surface area contributed by atoms with Crippen molar-refractivity contribution >= 4 is 27.5 Å². The molecular weight excluding hydrogens is 296 g/mol. The van der Waals surface area contributed by atoms with Crippen LogP contribution in [-0.2, 0) is 17.7 Å². The molecule has 0 aromatic heterocycles. The van der Waals surface area contributed by atoms with Crippen molar-refractivity contribution in [2.24, 2.45) is 0 Å². The van der Waals surface area contributed by atoms with Crippen LogP contribution in [0.15, 0.2) is 16.6 Å². The molecule has 0 bridgehead atoms. The topological polar surface area (TPSA) is 0 Å². The van der Waals surface area contributed by atoms with Crippen molar-refractivity contribution in [3.05, 3.63) is 33.3 Å². The molecule has 2 heteroatoms. The summed E-state index contributed by atoms with van der Waals surface area (Å²) in [5.74, 6) is 0.602. The second kappa shape index (κ2) is 6.24. The van der Waals surface area contributed by atoms with E-state index >= 15 is 0 Å². The number of benzene rings is 1. The first kappa shape index (κ1) is 15.0. The number of halogens is 2. The molecule has 0 saturated carbocycles. The highest BCUT2D eigenvalue weighted by Crippen LogP contribution is 2.37. The summed E-state index contributed by atoms with van der Waals surface area (Å²) in [6.07, 6.45) is 3.33. The molecule has 1 aromatic carbocycles. The summed E-state index contributed by atoms with van der Waals surface area (Å²) in [6, 6.07) is 4.54. The van der Waals surface area contributed by atoms with E-state index in [1.165, 1.54) is 21.2 Å². The van der Waals surface area contributed by atoms with Crippen LogP contribution in [0, 0.1) is 0 Å². The van der Waals surface area contributed by atoms with Gasteiger partial charge in [-0.3, -0.25) is 0 Å². The maximum atomic E-state index is 6.12. The highest BCUT2D eigenvalue weighted by molar-refractivity contribution is 9.10. The van der Waals surface area contributed by atoms with E-state index in [0.29, 0.717) is 5.88 Å². The van der Waals surface area contributed by atoms with Gasteiger partial charge < -0.3 is 0 Å². The van der Waals surface area contributed by atoms with E-state index in [4.69, 9.17) is 11.6 Å². The number of hydrogen-bond donors (Lipinski definition) is 0. The Morgan fingerprint density at radius 2 is 1.71 bits per heavy atom. The molecule has 0 heterocycles. The first-order valence-electron chi connectivity index (χ1n) is 6.40. The zero-order valence-corrected chi connectivity index (χ0v) is 13.6. The average molecular weight is 318 g/mol. The first-order valence-corrected chi connectivity index (χ1v) is 7.72. The van der Waals surface area contributed by atoms with Crippen molar-refractivity contribution in [2.45, 2.75) is 58.3 Å². The Balaban J connectivity index is 3.37. The molecule has 0 aliphatic rings. The van der Waals surface area contributed by atoms with Crippen molar-refractivity contribution in [1.29, 1.82) is 0 Å². The van der Waals surface area contributed by atoms with Crippen LogP contribution >= 0.6 is 27.5 Å². The molecule has 96 valence electrons. The summed E-state index contributed by atoms with van der Waals surface area (Å²) in [7, 11) is 0. The largest absolute Gasteiger partial charge is 0.122 e. The molecule has 0 amide bonds. The van der Waals surface area contributed by atoms with Crippen LogP contribution in [-0.4, -0.2) is 0 Å². The molecule has 0 aliphatic heterocycles. The van der Waals surface area contributed by atoms with Crippen molar-refractivity contribution in [3.63, 3.8) is 0 Å². The average Bonchev–Trinajstić information content (AvgIpc) is 2.37. The number of alkyl halides is 1. The van der Waals surface area contributed by atoms with Gasteiger partial charge in [-0.05, 0) is 47.4 Å². The van der Waals surface area contributed by atoms with Crippen LogP contribution in [0.3, 0.4) is 0 Å². The van der Waals surface area contributed by atoms with Crippen LogP contribution < -0.4 is 0 Å². The smallest absolute Gasteiger partial charge is 0.0477 e.